The van der Waals surface area contributed by atoms with Crippen molar-refractivity contribution in [1.82, 2.24) is 20.2 Å². The van der Waals surface area contributed by atoms with Crippen LogP contribution >= 0.6 is 0 Å². The first-order valence-electron chi connectivity index (χ1n) is 11.7. The second kappa shape index (κ2) is 6.85. The maximum Gasteiger partial charge on any atom is 0.237 e. The standard InChI is InChI=1S/C27H23N5O3/c1-4-32-21-12-20-19(11-17(21)27(2,3)26(32)33)28-25(29-20)24-16-9-14(5-7-18(16)30-31-24)15-6-8-22-23(10-15)35-13-34-22/h5-12H,4,13H2,1-3H3,(H,28,29)(H,30,31). The highest BCUT2D eigenvalue weighted by Gasteiger charge is 2.43. The molecular weight excluding hydrogens is 442 g/mol. The van der Waals surface area contributed by atoms with Gasteiger partial charge in [-0.3, -0.25) is 9.89 Å². The Bertz CT molecular complexity index is 1680. The average Bonchev–Trinajstić information content (AvgIpc) is 3.62. The van der Waals surface area contributed by atoms with Crippen LogP contribution < -0.4 is 14.4 Å². The Morgan fingerprint density at radius 1 is 1.00 bits per heavy atom. The number of imidazole rings is 1. The number of aromatic nitrogens is 4. The Labute approximate surface area is 200 Å². The van der Waals surface area contributed by atoms with Crippen molar-refractivity contribution in [1.29, 1.82) is 0 Å². The van der Waals surface area contributed by atoms with Gasteiger partial charge < -0.3 is 19.4 Å². The van der Waals surface area contributed by atoms with Crippen LogP contribution in [0, 0.1) is 0 Å². The van der Waals surface area contributed by atoms with E-state index in [9.17, 15) is 4.79 Å². The van der Waals surface area contributed by atoms with Gasteiger partial charge in [0.25, 0.3) is 0 Å². The van der Waals surface area contributed by atoms with Crippen LogP contribution in [0.15, 0.2) is 48.5 Å². The molecule has 2 aromatic heterocycles. The summed E-state index contributed by atoms with van der Waals surface area (Å²) in [5.74, 6) is 2.32. The van der Waals surface area contributed by atoms with Gasteiger partial charge in [-0.1, -0.05) is 12.1 Å². The summed E-state index contributed by atoms with van der Waals surface area (Å²) in [4.78, 5) is 23.0. The molecule has 2 N–H and O–H groups in total. The Kier molecular flexibility index (Phi) is 3.93. The van der Waals surface area contributed by atoms with Crippen LogP contribution in [-0.2, 0) is 10.2 Å². The maximum absolute atomic E-state index is 12.9. The lowest BCUT2D eigenvalue weighted by Gasteiger charge is -2.18. The van der Waals surface area contributed by atoms with Crippen LogP contribution in [0.4, 0.5) is 5.69 Å². The molecule has 0 fully saturated rings. The Morgan fingerprint density at radius 2 is 1.80 bits per heavy atom. The van der Waals surface area contributed by atoms with Crippen molar-refractivity contribution in [3.05, 3.63) is 54.1 Å². The summed E-state index contributed by atoms with van der Waals surface area (Å²) in [5.41, 5.74) is 6.85. The molecular formula is C27H23N5O3. The molecule has 4 heterocycles. The molecule has 0 bridgehead atoms. The lowest BCUT2D eigenvalue weighted by Crippen LogP contribution is -2.35. The molecule has 0 saturated carbocycles. The van der Waals surface area contributed by atoms with E-state index in [0.29, 0.717) is 12.4 Å². The molecule has 0 spiro atoms. The van der Waals surface area contributed by atoms with Gasteiger partial charge in [-0.2, -0.15) is 5.10 Å². The Balaban J connectivity index is 1.34. The molecule has 0 aliphatic carbocycles. The largest absolute Gasteiger partial charge is 0.454 e. The van der Waals surface area contributed by atoms with Gasteiger partial charge >= 0.3 is 0 Å². The molecule has 3 aromatic carbocycles. The van der Waals surface area contributed by atoms with Gasteiger partial charge in [-0.05, 0) is 73.9 Å². The van der Waals surface area contributed by atoms with Gasteiger partial charge in [0.05, 0.1) is 27.7 Å². The Morgan fingerprint density at radius 3 is 2.66 bits per heavy atom. The number of fused-ring (bicyclic) bond motifs is 4. The zero-order chi connectivity index (χ0) is 23.9. The fourth-order valence-corrected chi connectivity index (χ4v) is 5.21. The maximum atomic E-state index is 12.9. The minimum atomic E-state index is -0.572. The normalized spacial score (nSPS) is 16.0. The molecule has 2 aliphatic rings. The molecule has 0 unspecified atom stereocenters. The van der Waals surface area contributed by atoms with E-state index in [4.69, 9.17) is 14.5 Å². The molecule has 2 aliphatic heterocycles. The number of anilines is 1. The monoisotopic (exact) mass is 465 g/mol. The third-order valence-corrected chi connectivity index (χ3v) is 7.15. The van der Waals surface area contributed by atoms with Crippen LogP contribution in [0.2, 0.25) is 0 Å². The van der Waals surface area contributed by atoms with E-state index < -0.39 is 5.41 Å². The van der Waals surface area contributed by atoms with Crippen molar-refractivity contribution in [2.75, 3.05) is 18.2 Å². The second-order valence-electron chi connectivity index (χ2n) is 9.55. The number of carbonyl (C=O) groups is 1. The number of aromatic amines is 2. The third kappa shape index (κ3) is 2.76. The number of hydrogen-bond donors (Lipinski definition) is 2. The van der Waals surface area contributed by atoms with Crippen molar-refractivity contribution in [2.24, 2.45) is 0 Å². The molecule has 174 valence electrons. The van der Waals surface area contributed by atoms with E-state index in [0.717, 1.165) is 61.5 Å². The first-order chi connectivity index (χ1) is 16.9. The van der Waals surface area contributed by atoms with E-state index in [1.807, 2.05) is 62.1 Å². The van der Waals surface area contributed by atoms with E-state index in [2.05, 4.69) is 27.3 Å². The summed E-state index contributed by atoms with van der Waals surface area (Å²) in [6, 6.07) is 16.2. The summed E-state index contributed by atoms with van der Waals surface area (Å²) < 4.78 is 11.0. The fourth-order valence-electron chi connectivity index (χ4n) is 5.21. The van der Waals surface area contributed by atoms with Crippen LogP contribution in [0.1, 0.15) is 26.3 Å². The van der Waals surface area contributed by atoms with E-state index in [-0.39, 0.29) is 12.7 Å². The predicted molar refractivity (Wildman–Crippen MR) is 134 cm³/mol. The molecule has 5 aromatic rings. The van der Waals surface area contributed by atoms with Crippen molar-refractivity contribution in [3.8, 4) is 34.1 Å². The highest BCUT2D eigenvalue weighted by molar-refractivity contribution is 6.09. The molecule has 0 atom stereocenters. The smallest absolute Gasteiger partial charge is 0.237 e. The number of nitrogens with one attached hydrogen (secondary N) is 2. The van der Waals surface area contributed by atoms with E-state index >= 15 is 0 Å². The molecule has 35 heavy (non-hydrogen) atoms. The molecule has 0 saturated heterocycles. The SMILES string of the molecule is CCN1C(=O)C(C)(C)c2cc3nc(-c4n[nH]c5ccc(-c6ccc7c(c6)OCO7)cc45)[nH]c3cc21. The predicted octanol–water partition coefficient (Wildman–Crippen LogP) is 5.15. The molecule has 7 rings (SSSR count). The van der Waals surface area contributed by atoms with Gasteiger partial charge in [0.15, 0.2) is 17.3 Å². The highest BCUT2D eigenvalue weighted by atomic mass is 16.7. The number of nitrogens with zero attached hydrogens (tertiary/aromatic N) is 3. The minimum absolute atomic E-state index is 0.122. The second-order valence-corrected chi connectivity index (χ2v) is 9.55. The third-order valence-electron chi connectivity index (χ3n) is 7.15. The summed E-state index contributed by atoms with van der Waals surface area (Å²) in [5, 5.41) is 8.67. The summed E-state index contributed by atoms with van der Waals surface area (Å²) in [6.07, 6.45) is 0. The van der Waals surface area contributed by atoms with Gasteiger partial charge in [-0.25, -0.2) is 4.98 Å². The summed E-state index contributed by atoms with van der Waals surface area (Å²) >= 11 is 0. The zero-order valence-electron chi connectivity index (χ0n) is 19.6. The lowest BCUT2D eigenvalue weighted by atomic mass is 9.86. The number of likely N-dealkylation sites (N-methyl/N-ethyl adjacent to an activating group) is 1. The number of hydrogen-bond acceptors (Lipinski definition) is 5. The number of benzene rings is 3. The quantitative estimate of drug-likeness (QED) is 0.384. The topological polar surface area (TPSA) is 96.1 Å². The van der Waals surface area contributed by atoms with Crippen LogP contribution in [0.5, 0.6) is 11.5 Å². The molecule has 0 radical (unpaired) electrons. The van der Waals surface area contributed by atoms with Crippen molar-refractivity contribution >= 4 is 33.5 Å². The zero-order valence-corrected chi connectivity index (χ0v) is 19.6. The van der Waals surface area contributed by atoms with Crippen LogP contribution in [0.25, 0.3) is 44.6 Å². The first-order valence-corrected chi connectivity index (χ1v) is 11.7. The summed E-state index contributed by atoms with van der Waals surface area (Å²) in [7, 11) is 0. The van der Waals surface area contributed by atoms with Crippen molar-refractivity contribution < 1.29 is 14.3 Å². The van der Waals surface area contributed by atoms with E-state index in [1.54, 1.807) is 0 Å². The molecule has 1 amide bonds. The number of H-pyrrole nitrogens is 2. The number of rotatable bonds is 3. The minimum Gasteiger partial charge on any atom is -0.454 e. The lowest BCUT2D eigenvalue weighted by molar-refractivity contribution is -0.122. The van der Waals surface area contributed by atoms with E-state index in [1.165, 1.54) is 0 Å². The molecule has 8 heteroatoms. The Hall–Kier alpha value is -4.33. The van der Waals surface area contributed by atoms with Gasteiger partial charge in [0.2, 0.25) is 12.7 Å². The van der Waals surface area contributed by atoms with Gasteiger partial charge in [0, 0.05) is 11.9 Å². The number of ether oxygens (including phenoxy) is 2. The average molecular weight is 466 g/mol. The summed E-state index contributed by atoms with van der Waals surface area (Å²) in [6.45, 7) is 6.83. The van der Waals surface area contributed by atoms with Gasteiger partial charge in [0.1, 0.15) is 5.69 Å². The first kappa shape index (κ1) is 20.1. The van der Waals surface area contributed by atoms with Crippen molar-refractivity contribution in [2.45, 2.75) is 26.2 Å². The van der Waals surface area contributed by atoms with Crippen LogP contribution in [-0.4, -0.2) is 39.4 Å². The fraction of sp³-hybridized carbons (Fsp3) is 0.222. The van der Waals surface area contributed by atoms with Gasteiger partial charge in [-0.15, -0.1) is 0 Å². The van der Waals surface area contributed by atoms with Crippen molar-refractivity contribution in [3.63, 3.8) is 0 Å². The number of carbonyl (C=O) groups excluding carboxylic acids is 1. The number of amides is 1. The highest BCUT2D eigenvalue weighted by Crippen LogP contribution is 2.43. The molecule has 8 nitrogen and oxygen atoms in total. The van der Waals surface area contributed by atoms with Crippen LogP contribution in [0.3, 0.4) is 0 Å².